The number of benzene rings is 2. The lowest BCUT2D eigenvalue weighted by Crippen LogP contribution is -2.29. The predicted octanol–water partition coefficient (Wildman–Crippen LogP) is 6.19. The molecule has 26 heavy (non-hydrogen) atoms. The Hall–Kier alpha value is -1.53. The van der Waals surface area contributed by atoms with Gasteiger partial charge in [0.1, 0.15) is 5.82 Å². The average Bonchev–Trinajstić information content (AvgIpc) is 3.10. The van der Waals surface area contributed by atoms with Gasteiger partial charge in [-0.25, -0.2) is 4.39 Å². The van der Waals surface area contributed by atoms with Gasteiger partial charge < -0.3 is 14.8 Å². The van der Waals surface area contributed by atoms with Crippen LogP contribution in [0.1, 0.15) is 29.5 Å². The van der Waals surface area contributed by atoms with E-state index in [-0.39, 0.29) is 17.8 Å². The van der Waals surface area contributed by atoms with Crippen molar-refractivity contribution in [2.24, 2.45) is 5.92 Å². The van der Waals surface area contributed by atoms with Gasteiger partial charge in [0.15, 0.2) is 11.5 Å². The number of halogens is 3. The molecule has 0 aromatic heterocycles. The topological polar surface area (TPSA) is 30.5 Å². The zero-order valence-corrected chi connectivity index (χ0v) is 17.5. The monoisotopic (exact) mass is 481 g/mol. The maximum absolute atomic E-state index is 14.7. The molecule has 3 nitrogen and oxygen atoms in total. The van der Waals surface area contributed by atoms with E-state index < -0.39 is 0 Å². The van der Waals surface area contributed by atoms with Crippen molar-refractivity contribution in [3.05, 3.63) is 62.3 Å². The molecule has 4 rings (SSSR count). The van der Waals surface area contributed by atoms with E-state index in [0.717, 1.165) is 26.5 Å². The van der Waals surface area contributed by atoms with E-state index in [1.807, 2.05) is 18.2 Å². The van der Waals surface area contributed by atoms with Crippen LogP contribution >= 0.6 is 31.9 Å². The third-order valence-electron chi connectivity index (χ3n) is 5.20. The predicted molar refractivity (Wildman–Crippen MR) is 108 cm³/mol. The number of hydrogen-bond donors (Lipinski definition) is 1. The molecular weight excluding hydrogens is 465 g/mol. The van der Waals surface area contributed by atoms with Gasteiger partial charge in [0.25, 0.3) is 0 Å². The fourth-order valence-electron chi connectivity index (χ4n) is 4.07. The summed E-state index contributed by atoms with van der Waals surface area (Å²) in [6.07, 6.45) is 5.33. The van der Waals surface area contributed by atoms with Crippen molar-refractivity contribution in [1.82, 2.24) is 0 Å². The van der Waals surface area contributed by atoms with E-state index in [4.69, 9.17) is 9.47 Å². The Morgan fingerprint density at radius 1 is 1.12 bits per heavy atom. The van der Waals surface area contributed by atoms with E-state index in [0.29, 0.717) is 23.1 Å². The number of fused-ring (bicyclic) bond motifs is 3. The Morgan fingerprint density at radius 2 is 1.92 bits per heavy atom. The van der Waals surface area contributed by atoms with Crippen LogP contribution in [0.4, 0.5) is 10.1 Å². The van der Waals surface area contributed by atoms with Crippen LogP contribution in [0.25, 0.3) is 0 Å². The number of allylic oxidation sites excluding steroid dienone is 2. The molecule has 0 radical (unpaired) electrons. The molecule has 2 aromatic rings. The fraction of sp³-hybridized carbons (Fsp3) is 0.300. The highest BCUT2D eigenvalue weighted by Gasteiger charge is 2.39. The minimum Gasteiger partial charge on any atom is -0.493 e. The molecule has 3 atom stereocenters. The summed E-state index contributed by atoms with van der Waals surface area (Å²) in [6, 6.07) is 7.50. The van der Waals surface area contributed by atoms with Gasteiger partial charge >= 0.3 is 0 Å². The Balaban J connectivity index is 1.82. The number of hydrogen-bond acceptors (Lipinski definition) is 3. The van der Waals surface area contributed by atoms with Crippen molar-refractivity contribution in [2.75, 3.05) is 19.5 Å². The zero-order valence-electron chi connectivity index (χ0n) is 14.4. The first-order chi connectivity index (χ1) is 12.5. The second-order valence-electron chi connectivity index (χ2n) is 6.57. The molecule has 0 fully saturated rings. The van der Waals surface area contributed by atoms with Gasteiger partial charge in [-0.3, -0.25) is 0 Å². The molecule has 0 saturated carbocycles. The molecule has 1 heterocycles. The van der Waals surface area contributed by atoms with Crippen molar-refractivity contribution in [2.45, 2.75) is 18.4 Å². The Bertz CT molecular complexity index is 900. The summed E-state index contributed by atoms with van der Waals surface area (Å²) in [4.78, 5) is 0. The standard InChI is InChI=1S/C20H18Br2FNO2/c1-25-17-7-10(6-15(22)20(17)26-2)18-13-5-3-4-12(13)14-8-11(21)9-16(23)19(14)24-18/h3-4,6-9,12-13,18,24H,5H2,1-2H3/t12-,13+,18+/m1/s1. The molecule has 136 valence electrons. The van der Waals surface area contributed by atoms with Crippen LogP contribution < -0.4 is 14.8 Å². The quantitative estimate of drug-likeness (QED) is 0.528. The second-order valence-corrected chi connectivity index (χ2v) is 8.34. The molecule has 1 N–H and O–H groups in total. The maximum Gasteiger partial charge on any atom is 0.174 e. The molecule has 0 spiro atoms. The molecule has 0 saturated heterocycles. The fourth-order valence-corrected chi connectivity index (χ4v) is 5.14. The van der Waals surface area contributed by atoms with Crippen LogP contribution in [0.15, 0.2) is 45.4 Å². The normalized spacial score (nSPS) is 23.2. The van der Waals surface area contributed by atoms with Crippen molar-refractivity contribution < 1.29 is 13.9 Å². The number of nitrogens with one attached hydrogen (secondary N) is 1. The average molecular weight is 483 g/mol. The van der Waals surface area contributed by atoms with Crippen molar-refractivity contribution >= 4 is 37.5 Å². The number of rotatable bonds is 3. The number of anilines is 1. The third-order valence-corrected chi connectivity index (χ3v) is 6.25. The largest absolute Gasteiger partial charge is 0.493 e. The van der Waals surface area contributed by atoms with Gasteiger partial charge in [0.2, 0.25) is 0 Å². The lowest BCUT2D eigenvalue weighted by Gasteiger charge is -2.38. The van der Waals surface area contributed by atoms with E-state index >= 15 is 0 Å². The number of methoxy groups -OCH3 is 2. The van der Waals surface area contributed by atoms with Gasteiger partial charge in [-0.1, -0.05) is 28.1 Å². The minimum absolute atomic E-state index is 0.0192. The number of ether oxygens (including phenoxy) is 2. The molecule has 0 unspecified atom stereocenters. The van der Waals surface area contributed by atoms with Crippen LogP contribution in [0.3, 0.4) is 0 Å². The summed E-state index contributed by atoms with van der Waals surface area (Å²) in [5.74, 6) is 1.58. The molecule has 1 aliphatic carbocycles. The highest BCUT2D eigenvalue weighted by molar-refractivity contribution is 9.10. The third kappa shape index (κ3) is 2.83. The van der Waals surface area contributed by atoms with Crippen molar-refractivity contribution in [3.8, 4) is 11.5 Å². The van der Waals surface area contributed by atoms with Crippen LogP contribution in [0.5, 0.6) is 11.5 Å². The summed E-state index contributed by atoms with van der Waals surface area (Å²) in [6.45, 7) is 0. The smallest absolute Gasteiger partial charge is 0.174 e. The van der Waals surface area contributed by atoms with Crippen molar-refractivity contribution in [3.63, 3.8) is 0 Å². The SMILES string of the molecule is COc1cc([C@@H]2Nc3c(F)cc(Br)cc3[C@@H]3C=CC[C@@H]32)cc(Br)c1OC. The Morgan fingerprint density at radius 3 is 2.65 bits per heavy atom. The summed E-state index contributed by atoms with van der Waals surface area (Å²) < 4.78 is 27.1. The summed E-state index contributed by atoms with van der Waals surface area (Å²) in [7, 11) is 3.23. The van der Waals surface area contributed by atoms with Gasteiger partial charge in [-0.05, 0) is 63.7 Å². The summed E-state index contributed by atoms with van der Waals surface area (Å²) >= 11 is 6.98. The Kier molecular flexibility index (Phi) is 4.73. The lowest BCUT2D eigenvalue weighted by atomic mass is 9.77. The first kappa shape index (κ1) is 17.9. The van der Waals surface area contributed by atoms with Crippen LogP contribution in [0.2, 0.25) is 0 Å². The molecule has 2 aliphatic rings. The van der Waals surface area contributed by atoms with Crippen molar-refractivity contribution in [1.29, 1.82) is 0 Å². The van der Waals surface area contributed by atoms with Crippen LogP contribution in [-0.2, 0) is 0 Å². The van der Waals surface area contributed by atoms with Gasteiger partial charge in [0, 0.05) is 10.4 Å². The second kappa shape index (κ2) is 6.89. The molecule has 6 heteroatoms. The van der Waals surface area contributed by atoms with Crippen LogP contribution in [0, 0.1) is 11.7 Å². The molecule has 2 aromatic carbocycles. The molecular formula is C20H18Br2FNO2. The van der Waals surface area contributed by atoms with Gasteiger partial charge in [-0.2, -0.15) is 0 Å². The molecule has 0 bridgehead atoms. The summed E-state index contributed by atoms with van der Waals surface area (Å²) in [5.41, 5.74) is 2.63. The summed E-state index contributed by atoms with van der Waals surface area (Å²) in [5, 5.41) is 3.44. The zero-order chi connectivity index (χ0) is 18.4. The van der Waals surface area contributed by atoms with E-state index in [9.17, 15) is 4.39 Å². The highest BCUT2D eigenvalue weighted by atomic mass is 79.9. The van der Waals surface area contributed by atoms with Gasteiger partial charge in [-0.15, -0.1) is 0 Å². The van der Waals surface area contributed by atoms with E-state index in [1.54, 1.807) is 14.2 Å². The lowest BCUT2D eigenvalue weighted by molar-refractivity contribution is 0.351. The Labute approximate surface area is 168 Å². The first-order valence-electron chi connectivity index (χ1n) is 8.37. The van der Waals surface area contributed by atoms with E-state index in [1.165, 1.54) is 6.07 Å². The highest BCUT2D eigenvalue weighted by Crippen LogP contribution is 2.52. The molecule has 1 aliphatic heterocycles. The maximum atomic E-state index is 14.7. The first-order valence-corrected chi connectivity index (χ1v) is 9.95. The van der Waals surface area contributed by atoms with Gasteiger partial charge in [0.05, 0.1) is 30.4 Å². The van der Waals surface area contributed by atoms with Crippen LogP contribution in [-0.4, -0.2) is 14.2 Å². The minimum atomic E-state index is -0.238. The molecule has 0 amide bonds. The van der Waals surface area contributed by atoms with E-state index in [2.05, 4.69) is 49.3 Å².